The molecule has 0 bridgehead atoms. The van der Waals surface area contributed by atoms with Crippen LogP contribution in [0.4, 0.5) is 10.1 Å². The van der Waals surface area contributed by atoms with Crippen LogP contribution in [0.1, 0.15) is 93.6 Å². The highest BCUT2D eigenvalue weighted by atomic mass is 19.1. The lowest BCUT2D eigenvalue weighted by molar-refractivity contribution is 0.0568. The molecule has 4 aromatic carbocycles. The lowest BCUT2D eigenvalue weighted by atomic mass is 9.92. The fraction of sp³-hybridized carbons (Fsp3) is 0.302. The van der Waals surface area contributed by atoms with Gasteiger partial charge in [0, 0.05) is 42.1 Å². The fourth-order valence-electron chi connectivity index (χ4n) is 6.91. The van der Waals surface area contributed by atoms with Crippen molar-refractivity contribution >= 4 is 23.4 Å². The van der Waals surface area contributed by atoms with Crippen molar-refractivity contribution in [2.45, 2.75) is 58.9 Å². The van der Waals surface area contributed by atoms with Crippen molar-refractivity contribution in [2.24, 2.45) is 0 Å². The van der Waals surface area contributed by atoms with Gasteiger partial charge >= 0.3 is 0 Å². The number of carbonyl (C=O) groups is 3. The molecule has 0 aliphatic carbocycles. The number of rotatable bonds is 13. The number of fused-ring (bicyclic) bond motifs is 1. The highest BCUT2D eigenvalue weighted by Crippen LogP contribution is 2.33. The van der Waals surface area contributed by atoms with E-state index in [1.54, 1.807) is 76.3 Å². The number of hydrogen-bond donors (Lipinski definition) is 2. The van der Waals surface area contributed by atoms with E-state index in [0.29, 0.717) is 65.5 Å². The molecule has 0 spiro atoms. The zero-order valence-corrected chi connectivity index (χ0v) is 30.5. The molecule has 1 atom stereocenters. The van der Waals surface area contributed by atoms with Gasteiger partial charge in [0.2, 0.25) is 0 Å². The number of aliphatic hydroxyl groups excluding tert-OH is 1. The van der Waals surface area contributed by atoms with Crippen molar-refractivity contribution in [3.8, 4) is 16.8 Å². The number of carbonyl (C=O) groups excluding carboxylic acids is 3. The standard InChI is InChI=1S/C43H46FN5O4/c1-4-6-23-47(24-7-5-2)43(53)38-26-29(3)49(46-38)39-21-20-33(45-41(51)32-18-16-31(17-19-32)34-13-10-11-15-37(34)44)27-36(39)42(52)48-25-22-30-12-8-9-14-35(30)40(48)28-50/h8-21,26-27,40,50H,4-7,22-25,28H2,1-3H3,(H,45,51)/t40-/m1/s1. The van der Waals surface area contributed by atoms with Gasteiger partial charge < -0.3 is 20.2 Å². The molecule has 274 valence electrons. The average molecular weight is 716 g/mol. The van der Waals surface area contributed by atoms with Crippen LogP contribution in [0, 0.1) is 12.7 Å². The van der Waals surface area contributed by atoms with Gasteiger partial charge in [-0.2, -0.15) is 5.10 Å². The number of nitrogens with one attached hydrogen (secondary N) is 1. The fourth-order valence-corrected chi connectivity index (χ4v) is 6.91. The van der Waals surface area contributed by atoms with E-state index in [0.717, 1.165) is 36.8 Å². The summed E-state index contributed by atoms with van der Waals surface area (Å²) in [5.74, 6) is -1.25. The first-order chi connectivity index (χ1) is 25.7. The molecule has 1 aliphatic rings. The molecule has 10 heteroatoms. The average Bonchev–Trinajstić information content (AvgIpc) is 3.58. The van der Waals surface area contributed by atoms with Gasteiger partial charge in [0.05, 0.1) is 23.9 Å². The minimum Gasteiger partial charge on any atom is -0.394 e. The Labute approximate surface area is 310 Å². The second-order valence-corrected chi connectivity index (χ2v) is 13.5. The maximum Gasteiger partial charge on any atom is 0.274 e. The smallest absolute Gasteiger partial charge is 0.274 e. The topological polar surface area (TPSA) is 108 Å². The Morgan fingerprint density at radius 3 is 2.30 bits per heavy atom. The Morgan fingerprint density at radius 2 is 1.60 bits per heavy atom. The lowest BCUT2D eigenvalue weighted by Crippen LogP contribution is -2.42. The quantitative estimate of drug-likeness (QED) is 0.128. The first-order valence-corrected chi connectivity index (χ1v) is 18.4. The Kier molecular flexibility index (Phi) is 11.8. The van der Waals surface area contributed by atoms with Gasteiger partial charge in [0.15, 0.2) is 5.69 Å². The molecule has 3 amide bonds. The summed E-state index contributed by atoms with van der Waals surface area (Å²) in [7, 11) is 0. The van der Waals surface area contributed by atoms with Crippen molar-refractivity contribution in [2.75, 3.05) is 31.6 Å². The largest absolute Gasteiger partial charge is 0.394 e. The lowest BCUT2D eigenvalue weighted by Gasteiger charge is -2.36. The summed E-state index contributed by atoms with van der Waals surface area (Å²) in [4.78, 5) is 45.3. The maximum atomic E-state index is 14.6. The van der Waals surface area contributed by atoms with Crippen LogP contribution in [0.3, 0.4) is 0 Å². The van der Waals surface area contributed by atoms with Crippen LogP contribution in [-0.4, -0.2) is 68.6 Å². The molecule has 0 saturated heterocycles. The summed E-state index contributed by atoms with van der Waals surface area (Å²) >= 11 is 0. The van der Waals surface area contributed by atoms with Crippen LogP contribution < -0.4 is 5.32 Å². The molecule has 0 fully saturated rings. The van der Waals surface area contributed by atoms with E-state index in [-0.39, 0.29) is 29.8 Å². The molecule has 2 heterocycles. The predicted molar refractivity (Wildman–Crippen MR) is 205 cm³/mol. The molecule has 2 N–H and O–H groups in total. The van der Waals surface area contributed by atoms with E-state index in [2.05, 4.69) is 19.2 Å². The molecule has 0 unspecified atom stereocenters. The predicted octanol–water partition coefficient (Wildman–Crippen LogP) is 8.01. The normalized spacial score (nSPS) is 13.8. The summed E-state index contributed by atoms with van der Waals surface area (Å²) in [5, 5.41) is 18.2. The zero-order chi connectivity index (χ0) is 37.5. The number of aliphatic hydroxyl groups is 1. The van der Waals surface area contributed by atoms with Gasteiger partial charge in [-0.1, -0.05) is 81.3 Å². The van der Waals surface area contributed by atoms with E-state index in [9.17, 15) is 23.9 Å². The van der Waals surface area contributed by atoms with E-state index in [1.165, 1.54) is 6.07 Å². The Bertz CT molecular complexity index is 2080. The van der Waals surface area contributed by atoms with Gasteiger partial charge in [0.25, 0.3) is 17.7 Å². The molecule has 1 aliphatic heterocycles. The Hall–Kier alpha value is -5.61. The molecule has 0 saturated carbocycles. The van der Waals surface area contributed by atoms with Crippen molar-refractivity contribution in [3.63, 3.8) is 0 Å². The monoisotopic (exact) mass is 715 g/mol. The van der Waals surface area contributed by atoms with E-state index in [4.69, 9.17) is 5.10 Å². The Morgan fingerprint density at radius 1 is 0.906 bits per heavy atom. The van der Waals surface area contributed by atoms with Crippen molar-refractivity contribution < 1.29 is 23.9 Å². The van der Waals surface area contributed by atoms with Crippen LogP contribution in [-0.2, 0) is 6.42 Å². The van der Waals surface area contributed by atoms with Crippen LogP contribution in [0.2, 0.25) is 0 Å². The summed E-state index contributed by atoms with van der Waals surface area (Å²) in [6.07, 6.45) is 4.33. The van der Waals surface area contributed by atoms with Crippen molar-refractivity contribution in [1.82, 2.24) is 19.6 Å². The van der Waals surface area contributed by atoms with Gasteiger partial charge in [-0.25, -0.2) is 9.07 Å². The number of amides is 3. The highest BCUT2D eigenvalue weighted by Gasteiger charge is 2.33. The first-order valence-electron chi connectivity index (χ1n) is 18.4. The molecule has 5 aromatic rings. The minimum atomic E-state index is -0.562. The number of aromatic nitrogens is 2. The number of benzene rings is 4. The second kappa shape index (κ2) is 16.8. The van der Waals surface area contributed by atoms with Gasteiger partial charge in [-0.05, 0) is 85.3 Å². The van der Waals surface area contributed by atoms with Crippen molar-refractivity contribution in [1.29, 1.82) is 0 Å². The highest BCUT2D eigenvalue weighted by molar-refractivity contribution is 6.06. The van der Waals surface area contributed by atoms with E-state index in [1.807, 2.05) is 36.1 Å². The number of aryl methyl sites for hydroxylation is 1. The van der Waals surface area contributed by atoms with Crippen LogP contribution in [0.5, 0.6) is 0 Å². The van der Waals surface area contributed by atoms with Gasteiger partial charge in [-0.15, -0.1) is 0 Å². The summed E-state index contributed by atoms with van der Waals surface area (Å²) in [5.41, 5.74) is 5.46. The minimum absolute atomic E-state index is 0.153. The number of hydrogen-bond acceptors (Lipinski definition) is 5. The van der Waals surface area contributed by atoms with Crippen molar-refractivity contribution in [3.05, 3.63) is 137 Å². The third-order valence-corrected chi connectivity index (χ3v) is 9.85. The molecule has 6 rings (SSSR count). The molecule has 53 heavy (non-hydrogen) atoms. The number of unbranched alkanes of at least 4 members (excludes halogenated alkanes) is 2. The Balaban J connectivity index is 1.35. The van der Waals surface area contributed by atoms with Crippen LogP contribution in [0.15, 0.2) is 97.1 Å². The van der Waals surface area contributed by atoms with E-state index >= 15 is 0 Å². The van der Waals surface area contributed by atoms with Gasteiger partial charge in [0.1, 0.15) is 5.82 Å². The summed E-state index contributed by atoms with van der Waals surface area (Å²) in [6.45, 7) is 7.44. The van der Waals surface area contributed by atoms with Gasteiger partial charge in [-0.3, -0.25) is 14.4 Å². The molecular weight excluding hydrogens is 670 g/mol. The third kappa shape index (κ3) is 8.08. The maximum absolute atomic E-state index is 14.6. The van der Waals surface area contributed by atoms with E-state index < -0.39 is 11.9 Å². The molecule has 9 nitrogen and oxygen atoms in total. The number of nitrogens with zero attached hydrogens (tertiary/aromatic N) is 4. The zero-order valence-electron chi connectivity index (χ0n) is 30.5. The summed E-state index contributed by atoms with van der Waals surface area (Å²) in [6, 6.07) is 27.1. The first kappa shape index (κ1) is 37.2. The third-order valence-electron chi connectivity index (χ3n) is 9.85. The molecule has 0 radical (unpaired) electrons. The SMILES string of the molecule is CCCCN(CCCC)C(=O)c1cc(C)n(-c2ccc(NC(=O)c3ccc(-c4ccccc4F)cc3)cc2C(=O)N2CCc3ccccc3[C@H]2CO)n1. The number of halogens is 1. The second-order valence-electron chi connectivity index (χ2n) is 13.5. The van der Waals surface area contributed by atoms with Crippen LogP contribution in [0.25, 0.3) is 16.8 Å². The summed E-state index contributed by atoms with van der Waals surface area (Å²) < 4.78 is 16.0. The molecular formula is C43H46FN5O4. The number of anilines is 1. The van der Waals surface area contributed by atoms with Crippen LogP contribution >= 0.6 is 0 Å². The molecule has 1 aromatic heterocycles.